The summed E-state index contributed by atoms with van der Waals surface area (Å²) in [6, 6.07) is 16.8. The number of ketones is 5. The number of Topliss-reactive ketones (excluding diaryl/α,β-unsaturated/α-hetero) is 5. The lowest BCUT2D eigenvalue weighted by atomic mass is 10.0. The molecule has 29 nitrogen and oxygen atoms in total. The van der Waals surface area contributed by atoms with Crippen LogP contribution in [0.15, 0.2) is 156 Å². The largest absolute Gasteiger partial charge is 0.481 e. The number of hydrogen-bond donors (Lipinski definition) is 4. The number of pyridine rings is 2. The van der Waals surface area contributed by atoms with E-state index in [-0.39, 0.29) is 91.8 Å². The highest BCUT2D eigenvalue weighted by molar-refractivity contribution is 7.23. The maximum Gasteiger partial charge on any atom is 0.314 e. The highest BCUT2D eigenvalue weighted by atomic mass is 35.5. The number of anilines is 2. The molecule has 11 aromatic heterocycles. The van der Waals surface area contributed by atoms with Gasteiger partial charge < -0.3 is 49.8 Å². The minimum atomic E-state index is -1.09. The van der Waals surface area contributed by atoms with E-state index in [4.69, 9.17) is 42.8 Å². The number of esters is 2. The van der Waals surface area contributed by atoms with Crippen molar-refractivity contribution in [3.05, 3.63) is 193 Å². The zero-order chi connectivity index (χ0) is 82.8. The Bertz CT molecular complexity index is 5270. The number of carboxylic acid groups (broad SMARTS) is 2. The number of nitrogens with zero attached hydrogens (tertiary/aromatic N) is 11. The number of fused-ring (bicyclic) bond motifs is 2. The monoisotopic (exact) mass is 1710 g/mol. The number of thiazole rings is 5. The van der Waals surface area contributed by atoms with Crippen molar-refractivity contribution in [3.8, 4) is 44.1 Å². The van der Waals surface area contributed by atoms with Crippen molar-refractivity contribution < 1.29 is 85.9 Å². The molecule has 0 saturated carbocycles. The van der Waals surface area contributed by atoms with Crippen LogP contribution >= 0.6 is 91.0 Å². The fourth-order valence-corrected chi connectivity index (χ4v) is 14.2. The molecule has 0 spiro atoms. The molecule has 0 unspecified atom stereocenters. The molecule has 39 heteroatoms. The second-order valence-electron chi connectivity index (χ2n) is 23.9. The maximum absolute atomic E-state index is 14.9. The van der Waals surface area contributed by atoms with Crippen LogP contribution in [-0.4, -0.2) is 136 Å². The van der Waals surface area contributed by atoms with E-state index in [1.807, 2.05) is 45.4 Å². The van der Waals surface area contributed by atoms with Crippen LogP contribution in [0.4, 0.5) is 19.6 Å². The quantitative estimate of drug-likeness (QED) is 0.0153. The Balaban J connectivity index is 0.000000202. The molecule has 0 bridgehead atoms. The van der Waals surface area contributed by atoms with Gasteiger partial charge in [0.15, 0.2) is 45.6 Å². The van der Waals surface area contributed by atoms with Crippen LogP contribution in [0.2, 0.25) is 0 Å². The van der Waals surface area contributed by atoms with Crippen LogP contribution in [-0.2, 0) is 89.5 Å². The van der Waals surface area contributed by atoms with Crippen molar-refractivity contribution in [2.24, 2.45) is 0 Å². The van der Waals surface area contributed by atoms with E-state index >= 15 is 0 Å². The fourth-order valence-electron chi connectivity index (χ4n) is 9.10. The summed E-state index contributed by atoms with van der Waals surface area (Å²) in [7, 11) is 2.46. The van der Waals surface area contributed by atoms with Crippen molar-refractivity contribution in [3.63, 3.8) is 0 Å². The molecule has 13 aromatic rings. The van der Waals surface area contributed by atoms with Gasteiger partial charge in [0.2, 0.25) is 5.24 Å². The van der Waals surface area contributed by atoms with Crippen molar-refractivity contribution >= 4 is 180 Å². The number of nitrogen functional groups attached to an aromatic ring is 2. The van der Waals surface area contributed by atoms with Crippen LogP contribution in [0.3, 0.4) is 0 Å². The zero-order valence-corrected chi connectivity index (χ0v) is 67.9. The molecule has 596 valence electrons. The number of nitrogens with two attached hydrogens (primary N) is 2. The molecule has 0 fully saturated rings. The summed E-state index contributed by atoms with van der Waals surface area (Å²) in [4.78, 5) is 147. The average Bonchev–Trinajstić information content (AvgIpc) is 1.65. The molecular formula is C75H72ClF2N13O16S7. The Kier molecular flexibility index (Phi) is 36.1. The molecule has 0 saturated heterocycles. The number of carboxylic acids is 2. The van der Waals surface area contributed by atoms with Gasteiger partial charge in [-0.2, -0.15) is 0 Å². The summed E-state index contributed by atoms with van der Waals surface area (Å²) in [6.07, 6.45) is 18.0. The standard InChI is InChI=1S/C27H23FN4O3S2.C19H17FN4OS.C8H9NO3S.2C7H7NO3S.C4H5ClO3.C3H4N2S/c1-16(2)32-14-22(31-15-32)25-13-21-27(37-25)24(5-6-29-21)35-23-4-3-17(10-20(23)28)9-18(33)11-19(34)12-26-30-7-8-36-26;1-11(2)24-9-15(23-10-24)18-8-14-19(26-18)17(5-6-22-14)25-16-4-3-12(21)7-13(16)20;1-12-8(11)5-6(10)4-7-9-2-3-13-7;2*9-5(4-7(10)11)3-6-8-1-2-12-6;1-8-4(7)2-3(5)6;4-3-5-1-2-6-3/h3-8,10,13-16H,9,11-12H2,1-2H3;3-11H,21H2,1-2H3;2-3H,4-5H2,1H3;2*1-2H,3-4H2,(H,10,11);2H2,1H3;1-2H,(H2,4,5). The van der Waals surface area contributed by atoms with Crippen molar-refractivity contribution in [1.29, 1.82) is 0 Å². The Morgan fingerprint density at radius 3 is 1.17 bits per heavy atom. The van der Waals surface area contributed by atoms with Crippen LogP contribution in [0.5, 0.6) is 23.0 Å². The number of benzene rings is 2. The lowest BCUT2D eigenvalue weighted by Gasteiger charge is -2.09. The summed E-state index contributed by atoms with van der Waals surface area (Å²) in [5.74, 6) is -4.40. The summed E-state index contributed by atoms with van der Waals surface area (Å²) >= 11 is 14.7. The third kappa shape index (κ3) is 30.9. The summed E-state index contributed by atoms with van der Waals surface area (Å²) in [5, 5.41) is 28.2. The number of aromatic nitrogens is 11. The first kappa shape index (κ1) is 89.7. The molecule has 0 aliphatic carbocycles. The Morgan fingerprint density at radius 1 is 0.447 bits per heavy atom. The summed E-state index contributed by atoms with van der Waals surface area (Å²) < 4.78 is 54.9. The van der Waals surface area contributed by atoms with Gasteiger partial charge in [0.1, 0.15) is 48.7 Å². The van der Waals surface area contributed by atoms with Crippen molar-refractivity contribution in [2.45, 2.75) is 104 Å². The number of rotatable bonds is 28. The maximum atomic E-state index is 14.9. The van der Waals surface area contributed by atoms with E-state index in [2.05, 4.69) is 82.0 Å². The minimum absolute atomic E-state index is 0.0301. The van der Waals surface area contributed by atoms with E-state index in [1.165, 1.54) is 118 Å². The summed E-state index contributed by atoms with van der Waals surface area (Å²) in [6.45, 7) is 8.38. The lowest BCUT2D eigenvalue weighted by molar-refractivity contribution is -0.144. The molecule has 0 amide bonds. The van der Waals surface area contributed by atoms with Crippen LogP contribution in [0, 0.1) is 11.6 Å². The topological polar surface area (TPSA) is 426 Å². The van der Waals surface area contributed by atoms with Gasteiger partial charge in [0.05, 0.1) is 121 Å². The number of hydrogen-bond acceptors (Lipinski definition) is 32. The highest BCUT2D eigenvalue weighted by Gasteiger charge is 2.20. The van der Waals surface area contributed by atoms with Gasteiger partial charge in [-0.1, -0.05) is 6.07 Å². The Hall–Kier alpha value is -11.5. The van der Waals surface area contributed by atoms with Gasteiger partial charge in [-0.25, -0.2) is 43.7 Å². The number of halogens is 3. The molecule has 13 rings (SSSR count). The molecule has 0 aliphatic heterocycles. The van der Waals surface area contributed by atoms with E-state index in [0.29, 0.717) is 55.0 Å². The summed E-state index contributed by atoms with van der Waals surface area (Å²) in [5.41, 5.74) is 14.9. The SMILES string of the molecule is CC(C)n1cnc(-c2cc3nccc(Oc4ccc(CC(=O)CC(=O)Cc5nccs5)cc4F)c3s2)c1.CC(C)n1cnc(-c2cc3nccc(Oc4ccc(N)cc4F)c3s2)c1.COC(=O)CC(=O)Cc1nccs1.COC(=O)CC(=O)Cl.Nc1nccs1.O=C(O)CC(=O)Cc1nccs1.O=C(O)CC(=O)Cc1nccs1. The van der Waals surface area contributed by atoms with Crippen molar-refractivity contribution in [1.82, 2.24) is 54.0 Å². The Labute approximate surface area is 682 Å². The molecule has 0 aliphatic rings. The van der Waals surface area contributed by atoms with Crippen LogP contribution in [0.1, 0.15) is 97.5 Å². The van der Waals surface area contributed by atoms with Crippen molar-refractivity contribution in [2.75, 3.05) is 25.7 Å². The van der Waals surface area contributed by atoms with E-state index in [1.54, 1.807) is 95.5 Å². The number of carbonyl (C=O) groups excluding carboxylic acids is 8. The zero-order valence-electron chi connectivity index (χ0n) is 61.4. The normalized spacial score (nSPS) is 10.4. The fraction of sp³-hybridized carbons (Fsp3) is 0.240. The molecule has 114 heavy (non-hydrogen) atoms. The first-order chi connectivity index (χ1) is 54.5. The minimum Gasteiger partial charge on any atom is -0.481 e. The number of methoxy groups -OCH3 is 2. The molecule has 11 heterocycles. The molecule has 6 N–H and O–H groups in total. The molecule has 2 aromatic carbocycles. The Morgan fingerprint density at radius 2 is 0.833 bits per heavy atom. The number of imidazole rings is 2. The predicted molar refractivity (Wildman–Crippen MR) is 432 cm³/mol. The van der Waals surface area contributed by atoms with Crippen LogP contribution < -0.4 is 20.9 Å². The van der Waals surface area contributed by atoms with E-state index in [9.17, 15) is 56.7 Å². The number of thiophene rings is 2. The lowest BCUT2D eigenvalue weighted by Crippen LogP contribution is -2.12. The third-order valence-electron chi connectivity index (χ3n) is 14.4. The first-order valence-electron chi connectivity index (χ1n) is 33.6. The molecule has 0 radical (unpaired) electrons. The first-order valence-corrected chi connectivity index (χ1v) is 40.0. The number of ether oxygens (including phenoxy) is 4. The average molecular weight is 1710 g/mol. The number of carbonyl (C=O) groups is 10. The van der Waals surface area contributed by atoms with Gasteiger partial charge in [-0.15, -0.1) is 79.4 Å². The van der Waals surface area contributed by atoms with Crippen LogP contribution in [0.25, 0.3) is 41.6 Å². The molecule has 0 atom stereocenters. The number of aliphatic carboxylic acids is 2. The third-order valence-corrected chi connectivity index (χ3v) is 20.6. The molecular weight excluding hydrogens is 1640 g/mol. The second kappa shape index (κ2) is 45.9. The van der Waals surface area contributed by atoms with Gasteiger partial charge >= 0.3 is 23.9 Å². The van der Waals surface area contributed by atoms with Gasteiger partial charge in [0.25, 0.3) is 0 Å². The second-order valence-corrected chi connectivity index (χ2v) is 31.2. The predicted octanol–water partition coefficient (Wildman–Crippen LogP) is 15.0. The van der Waals surface area contributed by atoms with Gasteiger partial charge in [-0.3, -0.25) is 57.9 Å². The van der Waals surface area contributed by atoms with E-state index < -0.39 is 53.6 Å². The smallest absolute Gasteiger partial charge is 0.314 e. The van der Waals surface area contributed by atoms with Gasteiger partial charge in [0, 0.05) is 125 Å². The van der Waals surface area contributed by atoms with E-state index in [0.717, 1.165) is 46.6 Å². The highest BCUT2D eigenvalue weighted by Crippen LogP contribution is 2.41. The van der Waals surface area contributed by atoms with Gasteiger partial charge in [-0.05, 0) is 81.3 Å².